The number of nitrogens with one attached hydrogen (secondary N) is 1. The number of amides is 1. The van der Waals surface area contributed by atoms with Gasteiger partial charge >= 0.3 is 0 Å². The number of benzene rings is 1. The van der Waals surface area contributed by atoms with E-state index >= 15 is 0 Å². The molecule has 0 saturated carbocycles. The van der Waals surface area contributed by atoms with Gasteiger partial charge in [-0.15, -0.1) is 12.4 Å². The SMILES string of the molecule is CC(C)CC(C(=O)Nc1cc(C(C)(C)C)c(O)c(C(C)(C)C)c1N)c1ccccn1.Cl. The van der Waals surface area contributed by atoms with Crippen molar-refractivity contribution in [3.8, 4) is 5.75 Å². The van der Waals surface area contributed by atoms with Crippen LogP contribution in [-0.2, 0) is 15.6 Å². The summed E-state index contributed by atoms with van der Waals surface area (Å²) < 4.78 is 0. The van der Waals surface area contributed by atoms with Crippen LogP contribution in [0.25, 0.3) is 0 Å². The van der Waals surface area contributed by atoms with E-state index in [0.717, 1.165) is 11.3 Å². The van der Waals surface area contributed by atoms with E-state index in [-0.39, 0.29) is 40.8 Å². The third-order valence-corrected chi connectivity index (χ3v) is 5.22. The third kappa shape index (κ3) is 6.36. The van der Waals surface area contributed by atoms with Crippen LogP contribution in [0.1, 0.15) is 84.5 Å². The van der Waals surface area contributed by atoms with Gasteiger partial charge in [-0.05, 0) is 41.4 Å². The highest BCUT2D eigenvalue weighted by molar-refractivity contribution is 5.99. The van der Waals surface area contributed by atoms with E-state index in [4.69, 9.17) is 5.73 Å². The second-order valence-electron chi connectivity index (χ2n) is 10.5. The number of phenolic OH excluding ortho intramolecular Hbond substituents is 1. The normalized spacial score (nSPS) is 12.9. The van der Waals surface area contributed by atoms with Gasteiger partial charge in [0.2, 0.25) is 5.91 Å². The maximum Gasteiger partial charge on any atom is 0.233 e. The average Bonchev–Trinajstić information content (AvgIpc) is 2.60. The average molecular weight is 448 g/mol. The summed E-state index contributed by atoms with van der Waals surface area (Å²) in [6.07, 6.45) is 2.39. The van der Waals surface area contributed by atoms with Crippen molar-refractivity contribution in [3.05, 3.63) is 47.3 Å². The Balaban J connectivity index is 0.00000480. The number of rotatable bonds is 5. The van der Waals surface area contributed by atoms with E-state index in [1.165, 1.54) is 0 Å². The molecule has 0 bridgehead atoms. The zero-order chi connectivity index (χ0) is 22.9. The third-order valence-electron chi connectivity index (χ3n) is 5.22. The Morgan fingerprint density at radius 2 is 1.74 bits per heavy atom. The lowest BCUT2D eigenvalue weighted by molar-refractivity contribution is -0.118. The zero-order valence-electron chi connectivity index (χ0n) is 20.0. The van der Waals surface area contributed by atoms with Gasteiger partial charge in [0, 0.05) is 17.3 Å². The lowest BCUT2D eigenvalue weighted by atomic mass is 9.78. The highest BCUT2D eigenvalue weighted by Crippen LogP contribution is 2.45. The lowest BCUT2D eigenvalue weighted by Crippen LogP contribution is -2.26. The molecule has 1 unspecified atom stereocenters. The number of carbonyl (C=O) groups excluding carboxylic acids is 1. The molecule has 1 aromatic heterocycles. The maximum absolute atomic E-state index is 13.3. The quantitative estimate of drug-likeness (QED) is 0.378. The van der Waals surface area contributed by atoms with E-state index in [1.807, 2.05) is 65.8 Å². The van der Waals surface area contributed by atoms with Gasteiger partial charge in [-0.1, -0.05) is 61.5 Å². The number of hydrogen-bond donors (Lipinski definition) is 3. The van der Waals surface area contributed by atoms with E-state index in [1.54, 1.807) is 6.20 Å². The Hall–Kier alpha value is -2.27. The highest BCUT2D eigenvalue weighted by atomic mass is 35.5. The van der Waals surface area contributed by atoms with Gasteiger partial charge < -0.3 is 16.2 Å². The Bertz CT molecular complexity index is 898. The Morgan fingerprint density at radius 1 is 1.13 bits per heavy atom. The summed E-state index contributed by atoms with van der Waals surface area (Å²) in [7, 11) is 0. The van der Waals surface area contributed by atoms with Crippen molar-refractivity contribution in [1.29, 1.82) is 0 Å². The first-order valence-corrected chi connectivity index (χ1v) is 10.6. The van der Waals surface area contributed by atoms with Crippen molar-refractivity contribution >= 4 is 29.7 Å². The molecule has 4 N–H and O–H groups in total. The molecule has 0 radical (unpaired) electrons. The molecule has 6 heteroatoms. The second-order valence-corrected chi connectivity index (χ2v) is 10.5. The zero-order valence-corrected chi connectivity index (χ0v) is 20.9. The molecule has 5 nitrogen and oxygen atoms in total. The van der Waals surface area contributed by atoms with Crippen LogP contribution in [0.2, 0.25) is 0 Å². The minimum Gasteiger partial charge on any atom is -0.507 e. The van der Waals surface area contributed by atoms with Crippen LogP contribution >= 0.6 is 12.4 Å². The van der Waals surface area contributed by atoms with Gasteiger partial charge in [-0.3, -0.25) is 9.78 Å². The summed E-state index contributed by atoms with van der Waals surface area (Å²) in [4.78, 5) is 17.8. The van der Waals surface area contributed by atoms with Gasteiger partial charge in [0.1, 0.15) is 5.75 Å². The lowest BCUT2D eigenvalue weighted by Gasteiger charge is -2.30. The van der Waals surface area contributed by atoms with Gasteiger partial charge in [-0.25, -0.2) is 0 Å². The molecule has 0 aliphatic carbocycles. The molecule has 1 heterocycles. The second kappa shape index (κ2) is 9.90. The predicted molar refractivity (Wildman–Crippen MR) is 132 cm³/mol. The van der Waals surface area contributed by atoms with Crippen molar-refractivity contribution in [3.63, 3.8) is 0 Å². The summed E-state index contributed by atoms with van der Waals surface area (Å²) in [6.45, 7) is 16.3. The molecule has 0 aliphatic heterocycles. The maximum atomic E-state index is 13.3. The smallest absolute Gasteiger partial charge is 0.233 e. The molecule has 0 saturated heterocycles. The fourth-order valence-corrected chi connectivity index (χ4v) is 3.76. The Kier molecular flexibility index (Phi) is 8.55. The van der Waals surface area contributed by atoms with E-state index in [2.05, 4.69) is 24.1 Å². The number of halogens is 1. The van der Waals surface area contributed by atoms with Crippen LogP contribution in [-0.4, -0.2) is 16.0 Å². The van der Waals surface area contributed by atoms with Crippen LogP contribution in [0.5, 0.6) is 5.75 Å². The number of aromatic nitrogens is 1. The van der Waals surface area contributed by atoms with Crippen LogP contribution in [0.4, 0.5) is 11.4 Å². The molecule has 2 rings (SSSR count). The summed E-state index contributed by atoms with van der Waals surface area (Å²) in [5.41, 5.74) is 8.90. The van der Waals surface area contributed by atoms with Crippen molar-refractivity contribution < 1.29 is 9.90 Å². The monoisotopic (exact) mass is 447 g/mol. The van der Waals surface area contributed by atoms with Crippen molar-refractivity contribution in [2.24, 2.45) is 5.92 Å². The van der Waals surface area contributed by atoms with Crippen LogP contribution in [0, 0.1) is 5.92 Å². The van der Waals surface area contributed by atoms with Gasteiger partial charge in [0.05, 0.1) is 23.0 Å². The van der Waals surface area contributed by atoms with Gasteiger partial charge in [0.25, 0.3) is 0 Å². The van der Waals surface area contributed by atoms with Gasteiger partial charge in [0.15, 0.2) is 0 Å². The number of nitrogen functional groups attached to an aromatic ring is 1. The number of phenols is 1. The highest BCUT2D eigenvalue weighted by Gasteiger charge is 2.31. The molecule has 0 aliphatic rings. The summed E-state index contributed by atoms with van der Waals surface area (Å²) in [5.74, 6) is 0.0132. The number of anilines is 2. The number of pyridine rings is 1. The van der Waals surface area contributed by atoms with E-state index < -0.39 is 0 Å². The molecule has 1 amide bonds. The molecule has 2 aromatic rings. The number of nitrogens with two attached hydrogens (primary N) is 1. The summed E-state index contributed by atoms with van der Waals surface area (Å²) >= 11 is 0. The van der Waals surface area contributed by atoms with Crippen molar-refractivity contribution in [2.45, 2.75) is 78.6 Å². The Morgan fingerprint density at radius 3 is 2.19 bits per heavy atom. The number of nitrogens with zero attached hydrogens (tertiary/aromatic N) is 1. The fourth-order valence-electron chi connectivity index (χ4n) is 3.76. The van der Waals surface area contributed by atoms with Crippen LogP contribution in [0.15, 0.2) is 30.5 Å². The molecule has 1 aromatic carbocycles. The molecule has 172 valence electrons. The number of carbonyl (C=O) groups is 1. The minimum absolute atomic E-state index is 0. The first-order valence-electron chi connectivity index (χ1n) is 10.6. The Labute approximate surface area is 193 Å². The van der Waals surface area contributed by atoms with Crippen LogP contribution in [0.3, 0.4) is 0 Å². The first kappa shape index (κ1) is 26.8. The van der Waals surface area contributed by atoms with Crippen molar-refractivity contribution in [1.82, 2.24) is 4.98 Å². The topological polar surface area (TPSA) is 88.2 Å². The van der Waals surface area contributed by atoms with Crippen LogP contribution < -0.4 is 11.1 Å². The predicted octanol–water partition coefficient (Wildman–Crippen LogP) is 6.15. The molecule has 0 spiro atoms. The fraction of sp³-hybridized carbons (Fsp3) is 0.520. The largest absolute Gasteiger partial charge is 0.507 e. The summed E-state index contributed by atoms with van der Waals surface area (Å²) in [6, 6.07) is 7.43. The van der Waals surface area contributed by atoms with E-state index in [0.29, 0.717) is 29.3 Å². The number of hydrogen-bond acceptors (Lipinski definition) is 4. The molecular formula is C25H38ClN3O2. The van der Waals surface area contributed by atoms with Crippen molar-refractivity contribution in [2.75, 3.05) is 11.1 Å². The number of aromatic hydroxyl groups is 1. The molecule has 1 atom stereocenters. The molecular weight excluding hydrogens is 410 g/mol. The molecule has 31 heavy (non-hydrogen) atoms. The standard InChI is InChI=1S/C25H37N3O2.ClH/c1-15(2)13-16(18-11-9-10-12-27-18)23(30)28-19-14-17(24(3,4)5)22(29)20(21(19)26)25(6,7)8;/h9-12,14-16,29H,13,26H2,1-8H3,(H,28,30);1H. The molecule has 0 fully saturated rings. The van der Waals surface area contributed by atoms with Gasteiger partial charge in [-0.2, -0.15) is 0 Å². The summed E-state index contributed by atoms with van der Waals surface area (Å²) in [5, 5.41) is 14.1. The minimum atomic E-state index is -0.382. The first-order chi connectivity index (χ1) is 13.7. The van der Waals surface area contributed by atoms with E-state index in [9.17, 15) is 9.90 Å².